The minimum Gasteiger partial charge on any atom is -0.382 e. The van der Waals surface area contributed by atoms with E-state index in [0.717, 1.165) is 37.5 Å². The molecular weight excluding hydrogens is 284 g/mol. The molecule has 1 aromatic rings. The second-order valence-corrected chi connectivity index (χ2v) is 7.09. The molecule has 2 atom stereocenters. The van der Waals surface area contributed by atoms with Gasteiger partial charge >= 0.3 is 0 Å². The minimum atomic E-state index is 0.0422. The second-order valence-electron chi connectivity index (χ2n) is 6.11. The standard InChI is InChI=1S/C15H26N4OS/c1-5-7-18(4)15-17-13(16)12(21-15)14(20)19-8-6-10(2)9-11(19)3/h10-11H,5-9,16H2,1-4H3. The maximum atomic E-state index is 12.7. The molecule has 0 aromatic carbocycles. The van der Waals surface area contributed by atoms with Crippen LogP contribution in [0.1, 0.15) is 49.7 Å². The molecule has 5 nitrogen and oxygen atoms in total. The molecular formula is C15H26N4OS. The number of anilines is 2. The molecule has 2 heterocycles. The predicted molar refractivity (Wildman–Crippen MR) is 89.0 cm³/mol. The third-order valence-corrected chi connectivity index (χ3v) is 5.29. The topological polar surface area (TPSA) is 62.5 Å². The Kier molecular flexibility index (Phi) is 5.08. The normalized spacial score (nSPS) is 22.4. The van der Waals surface area contributed by atoms with E-state index >= 15 is 0 Å². The van der Waals surface area contributed by atoms with Crippen LogP contribution >= 0.6 is 11.3 Å². The molecule has 6 heteroatoms. The van der Waals surface area contributed by atoms with Crippen LogP contribution in [0, 0.1) is 5.92 Å². The Morgan fingerprint density at radius 1 is 1.52 bits per heavy atom. The van der Waals surface area contributed by atoms with Gasteiger partial charge in [0.2, 0.25) is 0 Å². The second kappa shape index (κ2) is 6.64. The van der Waals surface area contributed by atoms with Gasteiger partial charge in [-0.1, -0.05) is 25.2 Å². The van der Waals surface area contributed by atoms with E-state index in [9.17, 15) is 4.79 Å². The monoisotopic (exact) mass is 310 g/mol. The van der Waals surface area contributed by atoms with Gasteiger partial charge in [0.25, 0.3) is 5.91 Å². The number of aromatic nitrogens is 1. The number of amides is 1. The molecule has 21 heavy (non-hydrogen) atoms. The van der Waals surface area contributed by atoms with Gasteiger partial charge in [-0.15, -0.1) is 0 Å². The lowest BCUT2D eigenvalue weighted by Crippen LogP contribution is -2.44. The highest BCUT2D eigenvalue weighted by Crippen LogP contribution is 2.31. The fourth-order valence-corrected chi connectivity index (χ4v) is 3.84. The molecule has 0 spiro atoms. The molecule has 0 bridgehead atoms. The van der Waals surface area contributed by atoms with Crippen LogP contribution in [0.3, 0.4) is 0 Å². The first-order chi connectivity index (χ1) is 9.93. The molecule has 118 valence electrons. The fraction of sp³-hybridized carbons (Fsp3) is 0.733. The SMILES string of the molecule is CCCN(C)c1nc(N)c(C(=O)N2CCC(C)CC2C)s1. The zero-order chi connectivity index (χ0) is 15.6. The van der Waals surface area contributed by atoms with Crippen LogP contribution in [0.25, 0.3) is 0 Å². The summed E-state index contributed by atoms with van der Waals surface area (Å²) in [5.74, 6) is 1.10. The summed E-state index contributed by atoms with van der Waals surface area (Å²) in [5, 5.41) is 0.829. The van der Waals surface area contributed by atoms with Crippen molar-refractivity contribution in [2.45, 2.75) is 46.1 Å². The van der Waals surface area contributed by atoms with Crippen molar-refractivity contribution in [3.63, 3.8) is 0 Å². The summed E-state index contributed by atoms with van der Waals surface area (Å²) < 4.78 is 0. The molecule has 0 radical (unpaired) electrons. The molecule has 1 aromatic heterocycles. The molecule has 1 saturated heterocycles. The maximum Gasteiger partial charge on any atom is 0.268 e. The Bertz CT molecular complexity index is 502. The molecule has 1 fully saturated rings. The van der Waals surface area contributed by atoms with E-state index in [-0.39, 0.29) is 11.9 Å². The summed E-state index contributed by atoms with van der Waals surface area (Å²) in [5.41, 5.74) is 5.98. The van der Waals surface area contributed by atoms with Gasteiger partial charge < -0.3 is 15.5 Å². The summed E-state index contributed by atoms with van der Waals surface area (Å²) in [4.78, 5) is 21.7. The van der Waals surface area contributed by atoms with E-state index in [1.54, 1.807) is 0 Å². The van der Waals surface area contributed by atoms with Crippen molar-refractivity contribution in [3.05, 3.63) is 4.88 Å². The Morgan fingerprint density at radius 2 is 2.24 bits per heavy atom. The number of hydrogen-bond donors (Lipinski definition) is 1. The lowest BCUT2D eigenvalue weighted by molar-refractivity contribution is 0.0594. The lowest BCUT2D eigenvalue weighted by atomic mass is 9.93. The van der Waals surface area contributed by atoms with Crippen LogP contribution in [0.5, 0.6) is 0 Å². The van der Waals surface area contributed by atoms with Crippen molar-refractivity contribution >= 4 is 28.2 Å². The van der Waals surface area contributed by atoms with E-state index < -0.39 is 0 Å². The van der Waals surface area contributed by atoms with E-state index in [1.807, 2.05) is 11.9 Å². The average molecular weight is 310 g/mol. The Balaban J connectivity index is 2.16. The maximum absolute atomic E-state index is 12.7. The Labute approximate surface area is 131 Å². The van der Waals surface area contributed by atoms with E-state index in [0.29, 0.717) is 16.6 Å². The quantitative estimate of drug-likeness (QED) is 0.929. The van der Waals surface area contributed by atoms with E-state index in [2.05, 4.69) is 30.7 Å². The molecule has 1 aliphatic rings. The minimum absolute atomic E-state index is 0.0422. The Hall–Kier alpha value is -1.30. The zero-order valence-corrected chi connectivity index (χ0v) is 14.2. The van der Waals surface area contributed by atoms with Crippen molar-refractivity contribution < 1.29 is 4.79 Å². The zero-order valence-electron chi connectivity index (χ0n) is 13.4. The van der Waals surface area contributed by atoms with Crippen LogP contribution in [-0.4, -0.2) is 42.0 Å². The largest absolute Gasteiger partial charge is 0.382 e. The summed E-state index contributed by atoms with van der Waals surface area (Å²) in [6, 6.07) is 0.277. The average Bonchev–Trinajstić information content (AvgIpc) is 2.80. The smallest absolute Gasteiger partial charge is 0.268 e. The van der Waals surface area contributed by atoms with Gasteiger partial charge in [-0.2, -0.15) is 0 Å². The van der Waals surface area contributed by atoms with Crippen molar-refractivity contribution in [2.24, 2.45) is 5.92 Å². The summed E-state index contributed by atoms with van der Waals surface area (Å²) in [6.45, 7) is 8.22. The summed E-state index contributed by atoms with van der Waals surface area (Å²) >= 11 is 1.41. The van der Waals surface area contributed by atoms with Crippen LogP contribution in [0.2, 0.25) is 0 Å². The number of rotatable bonds is 4. The first-order valence-electron chi connectivity index (χ1n) is 7.72. The van der Waals surface area contributed by atoms with Crippen molar-refractivity contribution in [2.75, 3.05) is 30.8 Å². The van der Waals surface area contributed by atoms with Crippen LogP contribution in [-0.2, 0) is 0 Å². The highest BCUT2D eigenvalue weighted by Gasteiger charge is 2.30. The number of carbonyl (C=O) groups is 1. The number of nitrogens with zero attached hydrogens (tertiary/aromatic N) is 3. The highest BCUT2D eigenvalue weighted by molar-refractivity contribution is 7.18. The molecule has 1 aliphatic heterocycles. The molecule has 1 amide bonds. The van der Waals surface area contributed by atoms with Gasteiger partial charge in [-0.25, -0.2) is 4.98 Å². The Morgan fingerprint density at radius 3 is 2.86 bits per heavy atom. The molecule has 0 aliphatic carbocycles. The number of piperidine rings is 1. The molecule has 2 unspecified atom stereocenters. The van der Waals surface area contributed by atoms with Crippen LogP contribution in [0.15, 0.2) is 0 Å². The van der Waals surface area contributed by atoms with Gasteiger partial charge in [-0.05, 0) is 32.1 Å². The van der Waals surface area contributed by atoms with E-state index in [1.165, 1.54) is 11.3 Å². The fourth-order valence-electron chi connectivity index (χ4n) is 2.91. The van der Waals surface area contributed by atoms with Gasteiger partial charge in [0, 0.05) is 26.2 Å². The number of carbonyl (C=O) groups excluding carboxylic acids is 1. The molecule has 0 saturated carbocycles. The van der Waals surface area contributed by atoms with Crippen molar-refractivity contribution in [3.8, 4) is 0 Å². The highest BCUT2D eigenvalue weighted by atomic mass is 32.1. The van der Waals surface area contributed by atoms with Crippen molar-refractivity contribution in [1.82, 2.24) is 9.88 Å². The number of hydrogen-bond acceptors (Lipinski definition) is 5. The number of likely N-dealkylation sites (tertiary alicyclic amines) is 1. The summed E-state index contributed by atoms with van der Waals surface area (Å²) in [7, 11) is 1.99. The van der Waals surface area contributed by atoms with Crippen LogP contribution < -0.4 is 10.6 Å². The van der Waals surface area contributed by atoms with Gasteiger partial charge in [0.1, 0.15) is 10.7 Å². The van der Waals surface area contributed by atoms with Gasteiger partial charge in [-0.3, -0.25) is 4.79 Å². The number of thiazole rings is 1. The van der Waals surface area contributed by atoms with Gasteiger partial charge in [0.15, 0.2) is 5.13 Å². The predicted octanol–water partition coefficient (Wildman–Crippen LogP) is 2.83. The lowest BCUT2D eigenvalue weighted by Gasteiger charge is -2.36. The first-order valence-corrected chi connectivity index (χ1v) is 8.54. The third-order valence-electron chi connectivity index (χ3n) is 4.12. The first kappa shape index (κ1) is 16.1. The molecule has 2 N–H and O–H groups in total. The molecule has 2 rings (SSSR count). The van der Waals surface area contributed by atoms with E-state index in [4.69, 9.17) is 5.73 Å². The summed E-state index contributed by atoms with van der Waals surface area (Å²) in [6.07, 6.45) is 3.17. The number of nitrogens with two attached hydrogens (primary N) is 1. The number of nitrogen functional groups attached to an aromatic ring is 1. The van der Waals surface area contributed by atoms with Crippen molar-refractivity contribution in [1.29, 1.82) is 0 Å². The van der Waals surface area contributed by atoms with Gasteiger partial charge in [0.05, 0.1) is 0 Å². The third kappa shape index (κ3) is 3.48. The van der Waals surface area contributed by atoms with Crippen LogP contribution in [0.4, 0.5) is 10.9 Å².